The first-order chi connectivity index (χ1) is 27.1. The molecule has 0 aliphatic heterocycles. The number of carbonyl (C=O) groups excluding carboxylic acids is 5. The zero-order valence-electron chi connectivity index (χ0n) is 34.0. The molecule has 0 bridgehead atoms. The minimum Gasteiger partial charge on any atom is -0.508 e. The van der Waals surface area contributed by atoms with Crippen molar-refractivity contribution in [2.45, 2.75) is 153 Å². The number of carboxylic acid groups (broad SMARTS) is 1. The molecule has 0 spiro atoms. The van der Waals surface area contributed by atoms with Crippen LogP contribution in [0.3, 0.4) is 0 Å². The molecule has 1 unspecified atom stereocenters. The van der Waals surface area contributed by atoms with E-state index >= 15 is 0 Å². The summed E-state index contributed by atoms with van der Waals surface area (Å²) in [6, 6.07) is 0.704. The summed E-state index contributed by atoms with van der Waals surface area (Å²) >= 11 is 0. The first-order valence-electron chi connectivity index (χ1n) is 20.5. The number of carboxylic acids is 1. The van der Waals surface area contributed by atoms with Crippen molar-refractivity contribution in [2.24, 2.45) is 23.1 Å². The number of aliphatic carboxylic acids is 1. The number of hydrogen-bond acceptors (Lipinski definition) is 10. The van der Waals surface area contributed by atoms with Crippen LogP contribution in [-0.4, -0.2) is 94.6 Å². The number of amides is 5. The van der Waals surface area contributed by atoms with Crippen LogP contribution in [0.1, 0.15) is 116 Å². The van der Waals surface area contributed by atoms with Crippen LogP contribution in [0, 0.1) is 5.92 Å². The minimum atomic E-state index is -1.59. The standard InChI is InChI=1S/C41H68N8O8/c1-4-5-6-11-22-41(3,49-38(54)32(17-10-13-24-43)46-36(52)31(16-9-12-23-42)45-35(51)27(2)44)40(57)48-33(25-29-18-20-30(50)21-19-29)37(53)47-34(39(55)56)26-28-14-7-8-15-28/h4-5,18-21,27-28,31-34,50H,6-17,22-26,42-44H2,1-3H3,(H,45,51)(H,46,52)(H,47,53)(H,48,57)(H,49,54)(H,55,56)/b5-4-/t27-,31-,32-,33-,34-,41?/m0/s1. The Labute approximate surface area is 337 Å². The van der Waals surface area contributed by atoms with Gasteiger partial charge in [-0.1, -0.05) is 50.0 Å². The van der Waals surface area contributed by atoms with E-state index in [1.165, 1.54) is 19.1 Å². The van der Waals surface area contributed by atoms with Crippen LogP contribution in [0.15, 0.2) is 36.4 Å². The van der Waals surface area contributed by atoms with E-state index in [2.05, 4.69) is 26.6 Å². The molecule has 16 heteroatoms. The van der Waals surface area contributed by atoms with Gasteiger partial charge in [0.1, 0.15) is 35.5 Å². The lowest BCUT2D eigenvalue weighted by Crippen LogP contribution is -2.64. The average molecular weight is 801 g/mol. The predicted molar refractivity (Wildman–Crippen MR) is 218 cm³/mol. The maximum absolute atomic E-state index is 14.4. The van der Waals surface area contributed by atoms with Crippen LogP contribution in [0.25, 0.3) is 0 Å². The highest BCUT2D eigenvalue weighted by Gasteiger charge is 2.39. The predicted octanol–water partition coefficient (Wildman–Crippen LogP) is 1.77. The van der Waals surface area contributed by atoms with Gasteiger partial charge in [-0.15, -0.1) is 0 Å². The molecular formula is C41H68N8O8. The van der Waals surface area contributed by atoms with E-state index in [0.29, 0.717) is 57.2 Å². The molecule has 1 aromatic rings. The smallest absolute Gasteiger partial charge is 0.326 e. The van der Waals surface area contributed by atoms with Crippen LogP contribution in [0.4, 0.5) is 0 Å². The van der Waals surface area contributed by atoms with E-state index in [0.717, 1.165) is 25.7 Å². The largest absolute Gasteiger partial charge is 0.508 e. The van der Waals surface area contributed by atoms with E-state index in [1.54, 1.807) is 19.1 Å². The summed E-state index contributed by atoms with van der Waals surface area (Å²) in [7, 11) is 0. The van der Waals surface area contributed by atoms with Gasteiger partial charge in [-0.3, -0.25) is 24.0 Å². The fraction of sp³-hybridized carbons (Fsp3) is 0.659. The molecule has 320 valence electrons. The molecule has 16 nitrogen and oxygen atoms in total. The quantitative estimate of drug-likeness (QED) is 0.0452. The van der Waals surface area contributed by atoms with E-state index in [4.69, 9.17) is 17.2 Å². The number of allylic oxidation sites excluding steroid dienone is 2. The minimum absolute atomic E-state index is 0.00835. The number of nitrogens with one attached hydrogen (secondary N) is 5. The summed E-state index contributed by atoms with van der Waals surface area (Å²) in [6.07, 6.45) is 11.6. The Morgan fingerprint density at radius 1 is 0.789 bits per heavy atom. The average Bonchev–Trinajstić information content (AvgIpc) is 3.69. The van der Waals surface area contributed by atoms with Crippen LogP contribution in [0.5, 0.6) is 5.75 Å². The third kappa shape index (κ3) is 17.6. The molecule has 0 radical (unpaired) electrons. The molecule has 0 saturated heterocycles. The van der Waals surface area contributed by atoms with Gasteiger partial charge in [0.05, 0.1) is 6.04 Å². The normalized spacial score (nSPS) is 16.7. The van der Waals surface area contributed by atoms with E-state index in [1.807, 2.05) is 19.1 Å². The van der Waals surface area contributed by atoms with Crippen molar-refractivity contribution in [2.75, 3.05) is 13.1 Å². The maximum atomic E-state index is 14.4. The van der Waals surface area contributed by atoms with Gasteiger partial charge in [-0.25, -0.2) is 4.79 Å². The second kappa shape index (κ2) is 25.7. The van der Waals surface area contributed by atoms with E-state index in [-0.39, 0.29) is 43.8 Å². The highest BCUT2D eigenvalue weighted by molar-refractivity contribution is 5.98. The Bertz CT molecular complexity index is 1470. The van der Waals surface area contributed by atoms with Crippen molar-refractivity contribution in [1.29, 1.82) is 0 Å². The molecule has 5 amide bonds. The molecule has 6 atom stereocenters. The first-order valence-corrected chi connectivity index (χ1v) is 20.5. The fourth-order valence-corrected chi connectivity index (χ4v) is 6.90. The number of hydrogen-bond donors (Lipinski definition) is 10. The van der Waals surface area contributed by atoms with Crippen molar-refractivity contribution < 1.29 is 39.0 Å². The molecule has 1 aliphatic carbocycles. The van der Waals surface area contributed by atoms with Crippen molar-refractivity contribution in [3.63, 3.8) is 0 Å². The molecule has 57 heavy (non-hydrogen) atoms. The van der Waals surface area contributed by atoms with Gasteiger partial charge in [-0.05, 0) is 122 Å². The van der Waals surface area contributed by atoms with Gasteiger partial charge in [-0.2, -0.15) is 0 Å². The molecule has 0 heterocycles. The molecule has 13 N–H and O–H groups in total. The number of carbonyl (C=O) groups is 6. The van der Waals surface area contributed by atoms with Gasteiger partial charge in [0, 0.05) is 6.42 Å². The summed E-state index contributed by atoms with van der Waals surface area (Å²) < 4.78 is 0. The number of benzene rings is 1. The van der Waals surface area contributed by atoms with Crippen molar-refractivity contribution in [3.8, 4) is 5.75 Å². The number of nitrogens with two attached hydrogens (primary N) is 3. The van der Waals surface area contributed by atoms with Gasteiger partial charge >= 0.3 is 5.97 Å². The number of phenols is 1. The first kappa shape index (κ1) is 48.6. The lowest BCUT2D eigenvalue weighted by molar-refractivity contribution is -0.143. The SMILES string of the molecule is C/C=C\CCCC(C)(NC(=O)[C@H](CCCCN)NC(=O)[C@H](CCCCN)NC(=O)[C@H](C)N)C(=O)N[C@@H](Cc1ccc(O)cc1)C(=O)N[C@@H](CC1CCCC1)C(=O)O. The monoisotopic (exact) mass is 801 g/mol. The summed E-state index contributed by atoms with van der Waals surface area (Å²) in [5.74, 6) is -4.17. The summed E-state index contributed by atoms with van der Waals surface area (Å²) in [6.45, 7) is 5.66. The van der Waals surface area contributed by atoms with Gasteiger partial charge in [0.2, 0.25) is 29.5 Å². The van der Waals surface area contributed by atoms with Crippen molar-refractivity contribution >= 4 is 35.5 Å². The summed E-state index contributed by atoms with van der Waals surface area (Å²) in [5, 5.41) is 33.7. The van der Waals surface area contributed by atoms with Crippen LogP contribution < -0.4 is 43.8 Å². The maximum Gasteiger partial charge on any atom is 0.326 e. The Balaban J connectivity index is 2.44. The van der Waals surface area contributed by atoms with Gasteiger partial charge in [0.15, 0.2) is 0 Å². The van der Waals surface area contributed by atoms with E-state index < -0.39 is 71.3 Å². The highest BCUT2D eigenvalue weighted by Crippen LogP contribution is 2.29. The van der Waals surface area contributed by atoms with Crippen LogP contribution in [0.2, 0.25) is 0 Å². The third-order valence-electron chi connectivity index (χ3n) is 10.4. The zero-order chi connectivity index (χ0) is 42.4. The van der Waals surface area contributed by atoms with Gasteiger partial charge in [0.25, 0.3) is 0 Å². The van der Waals surface area contributed by atoms with Crippen molar-refractivity contribution in [1.82, 2.24) is 26.6 Å². The molecule has 0 aromatic heterocycles. The molecule has 2 rings (SSSR count). The number of rotatable bonds is 27. The zero-order valence-corrected chi connectivity index (χ0v) is 34.0. The molecular weight excluding hydrogens is 732 g/mol. The topological polar surface area (TPSA) is 281 Å². The lowest BCUT2D eigenvalue weighted by Gasteiger charge is -2.34. The Hall–Kier alpha value is -4.54. The molecule has 1 aliphatic rings. The Morgan fingerprint density at radius 2 is 1.33 bits per heavy atom. The molecule has 1 saturated carbocycles. The Morgan fingerprint density at radius 3 is 1.88 bits per heavy atom. The van der Waals surface area contributed by atoms with Crippen molar-refractivity contribution in [3.05, 3.63) is 42.0 Å². The Kier molecular flexibility index (Phi) is 21.9. The van der Waals surface area contributed by atoms with Crippen LogP contribution >= 0.6 is 0 Å². The molecule has 1 aromatic carbocycles. The van der Waals surface area contributed by atoms with Gasteiger partial charge < -0.3 is 54.0 Å². The highest BCUT2D eigenvalue weighted by atomic mass is 16.4. The number of aromatic hydroxyl groups is 1. The fourth-order valence-electron chi connectivity index (χ4n) is 6.90. The van der Waals surface area contributed by atoms with Crippen LogP contribution in [-0.2, 0) is 35.2 Å². The van der Waals surface area contributed by atoms with E-state index in [9.17, 15) is 39.0 Å². The summed E-state index contributed by atoms with van der Waals surface area (Å²) in [5.41, 5.74) is 16.1. The number of phenolic OH excluding ortho intramolecular Hbond substituents is 1. The summed E-state index contributed by atoms with van der Waals surface area (Å²) in [4.78, 5) is 81.0. The second-order valence-electron chi connectivity index (χ2n) is 15.4. The third-order valence-corrected chi connectivity index (χ3v) is 10.4. The second-order valence-corrected chi connectivity index (χ2v) is 15.4. The lowest BCUT2D eigenvalue weighted by atomic mass is 9.91. The number of unbranched alkanes of at least 4 members (excludes halogenated alkanes) is 3. The molecule has 1 fully saturated rings.